The lowest BCUT2D eigenvalue weighted by Gasteiger charge is -2.22. The molecule has 0 atom stereocenters. The predicted molar refractivity (Wildman–Crippen MR) is 124 cm³/mol. The van der Waals surface area contributed by atoms with Gasteiger partial charge >= 0.3 is 0 Å². The van der Waals surface area contributed by atoms with Crippen molar-refractivity contribution >= 4 is 43.8 Å². The van der Waals surface area contributed by atoms with E-state index in [-0.39, 0.29) is 11.9 Å². The zero-order chi connectivity index (χ0) is 20.8. The number of carbonyl (C=O) groups excluding carboxylic acids is 1. The van der Waals surface area contributed by atoms with Crippen LogP contribution in [0.1, 0.15) is 40.8 Å². The SMILES string of the molecule is CC(C)n1ccc(C(=O)Nc2sc3c(c2-c2nc4ccccc4s2)CCN(C)C3)n1. The van der Waals surface area contributed by atoms with Crippen LogP contribution in [0.3, 0.4) is 0 Å². The summed E-state index contributed by atoms with van der Waals surface area (Å²) in [5, 5.41) is 9.42. The normalized spacial score (nSPS) is 14.4. The largest absolute Gasteiger partial charge is 0.312 e. The first kappa shape index (κ1) is 19.4. The summed E-state index contributed by atoms with van der Waals surface area (Å²) in [6, 6.07) is 10.2. The third kappa shape index (κ3) is 3.45. The van der Waals surface area contributed by atoms with E-state index in [1.54, 1.807) is 33.4 Å². The molecule has 154 valence electrons. The van der Waals surface area contributed by atoms with Crippen molar-refractivity contribution in [2.75, 3.05) is 18.9 Å². The molecule has 0 saturated heterocycles. The van der Waals surface area contributed by atoms with Crippen molar-refractivity contribution in [3.63, 3.8) is 0 Å². The van der Waals surface area contributed by atoms with Gasteiger partial charge in [0.1, 0.15) is 10.0 Å². The molecule has 4 heterocycles. The zero-order valence-corrected chi connectivity index (χ0v) is 18.8. The molecule has 1 aromatic carbocycles. The van der Waals surface area contributed by atoms with Gasteiger partial charge in [0.15, 0.2) is 5.69 Å². The van der Waals surface area contributed by atoms with Crippen LogP contribution < -0.4 is 5.32 Å². The molecule has 0 aliphatic carbocycles. The fraction of sp³-hybridized carbons (Fsp3) is 0.318. The van der Waals surface area contributed by atoms with Crippen LogP contribution in [0.4, 0.5) is 5.00 Å². The summed E-state index contributed by atoms with van der Waals surface area (Å²) in [7, 11) is 2.14. The van der Waals surface area contributed by atoms with E-state index in [9.17, 15) is 4.79 Å². The van der Waals surface area contributed by atoms with Crippen molar-refractivity contribution in [1.82, 2.24) is 19.7 Å². The van der Waals surface area contributed by atoms with E-state index in [0.717, 1.165) is 45.3 Å². The van der Waals surface area contributed by atoms with E-state index < -0.39 is 0 Å². The van der Waals surface area contributed by atoms with Crippen LogP contribution >= 0.6 is 22.7 Å². The fourth-order valence-electron chi connectivity index (χ4n) is 3.74. The van der Waals surface area contributed by atoms with Crippen LogP contribution in [0.2, 0.25) is 0 Å². The Labute approximate surface area is 183 Å². The molecule has 0 bridgehead atoms. The molecule has 0 unspecified atom stereocenters. The van der Waals surface area contributed by atoms with Gasteiger partial charge in [0.25, 0.3) is 5.91 Å². The van der Waals surface area contributed by atoms with Crippen LogP contribution in [0, 0.1) is 0 Å². The summed E-state index contributed by atoms with van der Waals surface area (Å²) in [6.07, 6.45) is 2.81. The Morgan fingerprint density at radius 2 is 2.03 bits per heavy atom. The first-order chi connectivity index (χ1) is 14.5. The van der Waals surface area contributed by atoms with Gasteiger partial charge in [-0.15, -0.1) is 22.7 Å². The summed E-state index contributed by atoms with van der Waals surface area (Å²) >= 11 is 3.35. The number of hydrogen-bond donors (Lipinski definition) is 1. The Hall–Kier alpha value is -2.55. The first-order valence-corrected chi connectivity index (χ1v) is 11.7. The number of carbonyl (C=O) groups is 1. The molecule has 0 saturated carbocycles. The number of amides is 1. The molecule has 5 rings (SSSR count). The second-order valence-corrected chi connectivity index (χ2v) is 10.0. The molecule has 30 heavy (non-hydrogen) atoms. The minimum absolute atomic E-state index is 0.177. The minimum Gasteiger partial charge on any atom is -0.312 e. The average Bonchev–Trinajstić information content (AvgIpc) is 3.43. The molecule has 1 amide bonds. The smallest absolute Gasteiger partial charge is 0.276 e. The number of nitrogens with zero attached hydrogens (tertiary/aromatic N) is 4. The lowest BCUT2D eigenvalue weighted by Crippen LogP contribution is -2.25. The summed E-state index contributed by atoms with van der Waals surface area (Å²) in [6.45, 7) is 6.00. The Bertz CT molecular complexity index is 1200. The van der Waals surface area contributed by atoms with E-state index in [2.05, 4.69) is 28.4 Å². The molecule has 8 heteroatoms. The number of para-hydroxylation sites is 1. The number of hydrogen-bond acceptors (Lipinski definition) is 6. The topological polar surface area (TPSA) is 63.1 Å². The number of benzene rings is 1. The van der Waals surface area contributed by atoms with Gasteiger partial charge in [-0.2, -0.15) is 5.10 Å². The summed E-state index contributed by atoms with van der Waals surface area (Å²) in [4.78, 5) is 21.5. The minimum atomic E-state index is -0.177. The van der Waals surface area contributed by atoms with E-state index >= 15 is 0 Å². The maximum absolute atomic E-state index is 13.0. The highest BCUT2D eigenvalue weighted by Crippen LogP contribution is 2.45. The van der Waals surface area contributed by atoms with E-state index in [1.165, 1.54) is 10.4 Å². The summed E-state index contributed by atoms with van der Waals surface area (Å²) < 4.78 is 2.96. The molecule has 1 aliphatic rings. The highest BCUT2D eigenvalue weighted by atomic mass is 32.1. The highest BCUT2D eigenvalue weighted by Gasteiger charge is 2.27. The van der Waals surface area contributed by atoms with Gasteiger partial charge in [-0.3, -0.25) is 9.48 Å². The number of rotatable bonds is 4. The van der Waals surface area contributed by atoms with Crippen molar-refractivity contribution in [2.45, 2.75) is 32.9 Å². The molecular formula is C22H23N5OS2. The van der Waals surface area contributed by atoms with Gasteiger partial charge in [0.2, 0.25) is 0 Å². The van der Waals surface area contributed by atoms with Gasteiger partial charge in [0, 0.05) is 35.8 Å². The summed E-state index contributed by atoms with van der Waals surface area (Å²) in [5.41, 5.74) is 3.84. The predicted octanol–water partition coefficient (Wildman–Crippen LogP) is 5.04. The van der Waals surface area contributed by atoms with Crippen LogP contribution in [0.5, 0.6) is 0 Å². The van der Waals surface area contributed by atoms with Crippen LogP contribution in [0.25, 0.3) is 20.8 Å². The molecule has 6 nitrogen and oxygen atoms in total. The maximum Gasteiger partial charge on any atom is 0.276 e. The number of likely N-dealkylation sites (N-methyl/N-ethyl adjacent to an activating group) is 1. The molecule has 1 aliphatic heterocycles. The third-order valence-corrected chi connectivity index (χ3v) is 7.54. The Kier molecular flexibility index (Phi) is 4.92. The molecule has 0 fully saturated rings. The molecule has 3 aromatic heterocycles. The molecule has 1 N–H and O–H groups in total. The Morgan fingerprint density at radius 1 is 1.20 bits per heavy atom. The number of thiazole rings is 1. The standard InChI is InChI=1S/C22H23N5OS2/c1-13(2)27-11-9-16(25-27)20(28)24-22-19(14-8-10-26(3)12-18(14)30-22)21-23-15-6-4-5-7-17(15)29-21/h4-7,9,11,13H,8,10,12H2,1-3H3,(H,24,28). The van der Waals surface area contributed by atoms with Crippen molar-refractivity contribution in [2.24, 2.45) is 0 Å². The molecule has 4 aromatic rings. The number of aromatic nitrogens is 3. The second kappa shape index (κ2) is 7.61. The van der Waals surface area contributed by atoms with Gasteiger partial charge in [-0.05, 0) is 51.1 Å². The fourth-order valence-corrected chi connectivity index (χ4v) is 6.17. The van der Waals surface area contributed by atoms with Crippen molar-refractivity contribution in [3.05, 3.63) is 52.7 Å². The van der Waals surface area contributed by atoms with Crippen LogP contribution in [-0.4, -0.2) is 39.2 Å². The zero-order valence-electron chi connectivity index (χ0n) is 17.2. The van der Waals surface area contributed by atoms with Crippen LogP contribution in [0.15, 0.2) is 36.5 Å². The number of thiophene rings is 1. The Balaban J connectivity index is 1.56. The molecular weight excluding hydrogens is 414 g/mol. The molecule has 0 spiro atoms. The molecule has 0 radical (unpaired) electrons. The third-order valence-electron chi connectivity index (χ3n) is 5.35. The average molecular weight is 438 g/mol. The first-order valence-electron chi connectivity index (χ1n) is 10.0. The van der Waals surface area contributed by atoms with Gasteiger partial charge in [-0.25, -0.2) is 4.98 Å². The van der Waals surface area contributed by atoms with Crippen molar-refractivity contribution < 1.29 is 4.79 Å². The lowest BCUT2D eigenvalue weighted by atomic mass is 10.0. The van der Waals surface area contributed by atoms with Crippen molar-refractivity contribution in [3.8, 4) is 10.6 Å². The van der Waals surface area contributed by atoms with E-state index in [1.807, 2.05) is 38.2 Å². The maximum atomic E-state index is 13.0. The highest BCUT2D eigenvalue weighted by molar-refractivity contribution is 7.22. The van der Waals surface area contributed by atoms with Gasteiger partial charge in [-0.1, -0.05) is 12.1 Å². The van der Waals surface area contributed by atoms with Gasteiger partial charge < -0.3 is 10.2 Å². The van der Waals surface area contributed by atoms with E-state index in [0.29, 0.717) is 5.69 Å². The van der Waals surface area contributed by atoms with E-state index in [4.69, 9.17) is 4.98 Å². The quantitative estimate of drug-likeness (QED) is 0.486. The number of nitrogens with one attached hydrogen (secondary N) is 1. The Morgan fingerprint density at radius 3 is 2.80 bits per heavy atom. The second-order valence-electron chi connectivity index (χ2n) is 7.91. The van der Waals surface area contributed by atoms with Gasteiger partial charge in [0.05, 0.1) is 10.2 Å². The summed E-state index contributed by atoms with van der Waals surface area (Å²) in [5.74, 6) is -0.177. The number of fused-ring (bicyclic) bond motifs is 2. The number of anilines is 1. The lowest BCUT2D eigenvalue weighted by molar-refractivity contribution is 0.102. The monoisotopic (exact) mass is 437 g/mol. The van der Waals surface area contributed by atoms with Crippen molar-refractivity contribution in [1.29, 1.82) is 0 Å². The van der Waals surface area contributed by atoms with Crippen LogP contribution in [-0.2, 0) is 13.0 Å².